The van der Waals surface area contributed by atoms with Crippen LogP contribution in [0.15, 0.2) is 0 Å². The number of rotatable bonds is 2. The van der Waals surface area contributed by atoms with Gasteiger partial charge in [0.2, 0.25) is 11.8 Å². The molecule has 0 spiro atoms. The van der Waals surface area contributed by atoms with E-state index in [1.165, 1.54) is 0 Å². The van der Waals surface area contributed by atoms with Crippen LogP contribution in [-0.2, 0) is 0 Å². The summed E-state index contributed by atoms with van der Waals surface area (Å²) in [6, 6.07) is 0. The predicted octanol–water partition coefficient (Wildman–Crippen LogP) is 1.21. The third-order valence-electron chi connectivity index (χ3n) is 1.43. The lowest BCUT2D eigenvalue weighted by atomic mass is 10.2. The van der Waals surface area contributed by atoms with E-state index in [4.69, 9.17) is 5.11 Å². The third-order valence-corrected chi connectivity index (χ3v) is 1.43. The fourth-order valence-corrected chi connectivity index (χ4v) is 0.865. The molecule has 0 unspecified atom stereocenters. The highest BCUT2D eigenvalue weighted by atomic mass is 19.2. The van der Waals surface area contributed by atoms with Gasteiger partial charge >= 0.3 is 5.97 Å². The van der Waals surface area contributed by atoms with Crippen molar-refractivity contribution in [3.8, 4) is 5.75 Å². The van der Waals surface area contributed by atoms with Crippen LogP contribution < -0.4 is 4.74 Å². The van der Waals surface area contributed by atoms with Crippen LogP contribution >= 0.6 is 0 Å². The van der Waals surface area contributed by atoms with Crippen LogP contribution in [0.1, 0.15) is 10.4 Å². The molecule has 0 saturated heterocycles. The van der Waals surface area contributed by atoms with Gasteiger partial charge in [0.15, 0.2) is 11.3 Å². The Bertz CT molecular complexity index is 394. The summed E-state index contributed by atoms with van der Waals surface area (Å²) in [7, 11) is 0.893. The minimum atomic E-state index is -1.79. The number of hydrogen-bond acceptors (Lipinski definition) is 3. The topological polar surface area (TPSA) is 59.4 Å². The molecule has 0 radical (unpaired) electrons. The monoisotopic (exact) mass is 207 g/mol. The van der Waals surface area contributed by atoms with Crippen molar-refractivity contribution in [1.29, 1.82) is 0 Å². The summed E-state index contributed by atoms with van der Waals surface area (Å²) in [5.74, 6) is -7.81. The first-order valence-corrected chi connectivity index (χ1v) is 3.30. The highest BCUT2D eigenvalue weighted by Gasteiger charge is 2.25. The van der Waals surface area contributed by atoms with E-state index in [1.807, 2.05) is 0 Å². The fraction of sp³-hybridized carbons (Fsp3) is 0.143. The smallest absolute Gasteiger partial charge is 0.344 e. The molecule has 1 aromatic heterocycles. The van der Waals surface area contributed by atoms with Gasteiger partial charge in [-0.05, 0) is 0 Å². The van der Waals surface area contributed by atoms with Crippen molar-refractivity contribution in [3.05, 3.63) is 23.3 Å². The number of methoxy groups -OCH3 is 1. The van der Waals surface area contributed by atoms with Gasteiger partial charge in [0, 0.05) is 0 Å². The zero-order valence-corrected chi connectivity index (χ0v) is 6.84. The van der Waals surface area contributed by atoms with E-state index in [1.54, 1.807) is 0 Å². The van der Waals surface area contributed by atoms with Gasteiger partial charge in [-0.15, -0.1) is 0 Å². The summed E-state index contributed by atoms with van der Waals surface area (Å²) in [6.45, 7) is 0. The number of ether oxygens (including phenoxy) is 1. The highest BCUT2D eigenvalue weighted by Crippen LogP contribution is 2.25. The Kier molecular flexibility index (Phi) is 2.59. The number of halogens is 3. The van der Waals surface area contributed by atoms with Crippen molar-refractivity contribution in [2.45, 2.75) is 0 Å². The molecule has 1 aromatic rings. The molecule has 0 atom stereocenters. The summed E-state index contributed by atoms with van der Waals surface area (Å²) in [6.07, 6.45) is 0. The standard InChI is InChI=1S/C7H4F3NO3/c1-14-4-2(7(12)13)5(9)11-6(10)3(4)8/h1H3,(H,12,13). The SMILES string of the molecule is COc1c(F)c(F)nc(F)c1C(=O)O. The molecule has 0 amide bonds. The van der Waals surface area contributed by atoms with E-state index in [-0.39, 0.29) is 0 Å². The zero-order chi connectivity index (χ0) is 10.9. The lowest BCUT2D eigenvalue weighted by molar-refractivity contribution is 0.0685. The summed E-state index contributed by atoms with van der Waals surface area (Å²) >= 11 is 0. The lowest BCUT2D eigenvalue weighted by Gasteiger charge is -2.06. The van der Waals surface area contributed by atoms with Gasteiger partial charge in [0.25, 0.3) is 5.95 Å². The maximum absolute atomic E-state index is 12.8. The first-order chi connectivity index (χ1) is 6.49. The molecule has 1 N–H and O–H groups in total. The molecular weight excluding hydrogens is 203 g/mol. The van der Waals surface area contributed by atoms with E-state index < -0.39 is 35.0 Å². The van der Waals surface area contributed by atoms with Crippen molar-refractivity contribution >= 4 is 5.97 Å². The third kappa shape index (κ3) is 1.48. The van der Waals surface area contributed by atoms with Crippen LogP contribution in [0, 0.1) is 17.7 Å². The number of hydrogen-bond donors (Lipinski definition) is 1. The molecule has 1 rings (SSSR count). The van der Waals surface area contributed by atoms with Gasteiger partial charge in [0.05, 0.1) is 7.11 Å². The van der Waals surface area contributed by atoms with Gasteiger partial charge in [-0.3, -0.25) is 0 Å². The maximum atomic E-state index is 12.8. The number of nitrogens with zero attached hydrogens (tertiary/aromatic N) is 1. The molecule has 76 valence electrons. The first-order valence-electron chi connectivity index (χ1n) is 3.30. The van der Waals surface area contributed by atoms with E-state index in [9.17, 15) is 18.0 Å². The van der Waals surface area contributed by atoms with E-state index in [2.05, 4.69) is 9.72 Å². The van der Waals surface area contributed by atoms with Crippen LogP contribution in [0.3, 0.4) is 0 Å². The Morgan fingerprint density at radius 3 is 2.36 bits per heavy atom. The van der Waals surface area contributed by atoms with Crippen LogP contribution in [0.4, 0.5) is 13.2 Å². The molecule has 0 aliphatic carbocycles. The molecule has 0 saturated carbocycles. The van der Waals surface area contributed by atoms with Gasteiger partial charge < -0.3 is 9.84 Å². The summed E-state index contributed by atoms with van der Waals surface area (Å²) in [4.78, 5) is 12.8. The average Bonchev–Trinajstić information content (AvgIpc) is 2.09. The van der Waals surface area contributed by atoms with E-state index in [0.29, 0.717) is 0 Å². The largest absolute Gasteiger partial charge is 0.492 e. The van der Waals surface area contributed by atoms with Crippen LogP contribution in [0.5, 0.6) is 5.75 Å². The zero-order valence-electron chi connectivity index (χ0n) is 6.84. The van der Waals surface area contributed by atoms with Crippen molar-refractivity contribution < 1.29 is 27.8 Å². The fourth-order valence-electron chi connectivity index (χ4n) is 0.865. The summed E-state index contributed by atoms with van der Waals surface area (Å²) < 4.78 is 42.3. The quantitative estimate of drug-likeness (QED) is 0.740. The molecule has 4 nitrogen and oxygen atoms in total. The van der Waals surface area contributed by atoms with Crippen LogP contribution in [0.25, 0.3) is 0 Å². The van der Waals surface area contributed by atoms with Gasteiger partial charge in [-0.1, -0.05) is 0 Å². The number of carbonyl (C=O) groups is 1. The number of aromatic carboxylic acids is 1. The number of pyridine rings is 1. The van der Waals surface area contributed by atoms with Crippen molar-refractivity contribution in [1.82, 2.24) is 4.98 Å². The normalized spacial score (nSPS) is 10.0. The van der Waals surface area contributed by atoms with Gasteiger partial charge in [-0.25, -0.2) is 4.79 Å². The second-order valence-electron chi connectivity index (χ2n) is 2.22. The highest BCUT2D eigenvalue weighted by molar-refractivity contribution is 5.90. The van der Waals surface area contributed by atoms with E-state index >= 15 is 0 Å². The molecular formula is C7H4F3NO3. The number of carboxylic acid groups (broad SMARTS) is 1. The second kappa shape index (κ2) is 3.52. The molecule has 0 aliphatic heterocycles. The van der Waals surface area contributed by atoms with Crippen molar-refractivity contribution in [2.24, 2.45) is 0 Å². The molecule has 1 heterocycles. The Hall–Kier alpha value is -1.79. The Balaban J connectivity index is 3.55. The van der Waals surface area contributed by atoms with Crippen LogP contribution in [0.2, 0.25) is 0 Å². The Labute approximate surface area is 75.9 Å². The summed E-state index contributed by atoms with van der Waals surface area (Å²) in [5.41, 5.74) is -1.13. The van der Waals surface area contributed by atoms with Crippen molar-refractivity contribution in [2.75, 3.05) is 7.11 Å². The molecule has 0 aliphatic rings. The number of carboxylic acids is 1. The van der Waals surface area contributed by atoms with Crippen LogP contribution in [-0.4, -0.2) is 23.2 Å². The predicted molar refractivity (Wildman–Crippen MR) is 37.6 cm³/mol. The molecule has 14 heavy (non-hydrogen) atoms. The van der Waals surface area contributed by atoms with Gasteiger partial charge in [-0.2, -0.15) is 18.2 Å². The lowest BCUT2D eigenvalue weighted by Crippen LogP contribution is -2.10. The number of aromatic nitrogens is 1. The van der Waals surface area contributed by atoms with E-state index in [0.717, 1.165) is 7.11 Å². The van der Waals surface area contributed by atoms with Gasteiger partial charge in [0.1, 0.15) is 0 Å². The summed E-state index contributed by atoms with van der Waals surface area (Å²) in [5, 5.41) is 8.44. The maximum Gasteiger partial charge on any atom is 0.344 e. The first kappa shape index (κ1) is 10.3. The second-order valence-corrected chi connectivity index (χ2v) is 2.22. The minimum absolute atomic E-state index is 0.893. The molecule has 0 aromatic carbocycles. The molecule has 0 bridgehead atoms. The molecule has 7 heteroatoms. The Morgan fingerprint density at radius 2 is 1.93 bits per heavy atom. The minimum Gasteiger partial charge on any atom is -0.492 e. The Morgan fingerprint density at radius 1 is 1.36 bits per heavy atom. The molecule has 0 fully saturated rings. The average molecular weight is 207 g/mol. The van der Waals surface area contributed by atoms with Crippen molar-refractivity contribution in [3.63, 3.8) is 0 Å².